The van der Waals surface area contributed by atoms with E-state index in [9.17, 15) is 5.26 Å². The van der Waals surface area contributed by atoms with Crippen LogP contribution < -0.4 is 0 Å². The van der Waals surface area contributed by atoms with Gasteiger partial charge >= 0.3 is 0 Å². The van der Waals surface area contributed by atoms with E-state index < -0.39 is 0 Å². The van der Waals surface area contributed by atoms with Crippen molar-refractivity contribution < 1.29 is 0 Å². The van der Waals surface area contributed by atoms with Crippen molar-refractivity contribution in [3.63, 3.8) is 0 Å². The molecule has 1 aromatic carbocycles. The summed E-state index contributed by atoms with van der Waals surface area (Å²) in [5.41, 5.74) is 3.83. The van der Waals surface area contributed by atoms with Gasteiger partial charge in [-0.2, -0.15) is 5.26 Å². The Morgan fingerprint density at radius 2 is 1.94 bits per heavy atom. The highest BCUT2D eigenvalue weighted by Gasteiger charge is 2.15. The molecule has 0 N–H and O–H groups in total. The summed E-state index contributed by atoms with van der Waals surface area (Å²) in [7, 11) is 0. The molecule has 0 bridgehead atoms. The van der Waals surface area contributed by atoms with Gasteiger partial charge in [0, 0.05) is 16.3 Å². The lowest BCUT2D eigenvalue weighted by atomic mass is 9.96. The topological polar surface area (TPSA) is 36.7 Å². The second-order valence-corrected chi connectivity index (χ2v) is 4.78. The minimum atomic E-state index is 0.232. The zero-order valence-electron chi connectivity index (χ0n) is 9.96. The molecule has 1 aromatic heterocycles. The van der Waals surface area contributed by atoms with E-state index in [4.69, 9.17) is 23.2 Å². The third kappa shape index (κ3) is 2.20. The molecule has 0 fully saturated rings. The van der Waals surface area contributed by atoms with Crippen LogP contribution in [0.15, 0.2) is 24.3 Å². The standard InChI is InChI=1S/C14H10Cl2N2/c1-8-9(2)18-14(16)12(7-17)13(8)10-4-3-5-11(15)6-10/h3-6H,1-2H3. The van der Waals surface area contributed by atoms with Crippen LogP contribution in [0.1, 0.15) is 16.8 Å². The molecule has 0 atom stereocenters. The van der Waals surface area contributed by atoms with E-state index in [-0.39, 0.29) is 5.15 Å². The normalized spacial score (nSPS) is 10.2. The van der Waals surface area contributed by atoms with Crippen molar-refractivity contribution in [1.29, 1.82) is 5.26 Å². The molecule has 0 amide bonds. The molecular weight excluding hydrogens is 267 g/mol. The van der Waals surface area contributed by atoms with E-state index in [1.807, 2.05) is 32.0 Å². The Morgan fingerprint density at radius 3 is 2.56 bits per heavy atom. The Hall–Kier alpha value is -1.56. The first-order valence-electron chi connectivity index (χ1n) is 5.37. The Bertz CT molecular complexity index is 658. The number of halogens is 2. The number of benzene rings is 1. The number of aromatic nitrogens is 1. The maximum atomic E-state index is 9.24. The van der Waals surface area contributed by atoms with Crippen molar-refractivity contribution in [3.05, 3.63) is 51.3 Å². The van der Waals surface area contributed by atoms with Crippen molar-refractivity contribution in [2.75, 3.05) is 0 Å². The van der Waals surface area contributed by atoms with Gasteiger partial charge in [-0.3, -0.25) is 0 Å². The lowest BCUT2D eigenvalue weighted by molar-refractivity contribution is 1.14. The van der Waals surface area contributed by atoms with Gasteiger partial charge in [0.1, 0.15) is 11.2 Å². The minimum absolute atomic E-state index is 0.232. The lowest BCUT2D eigenvalue weighted by Crippen LogP contribution is -1.97. The molecule has 1 heterocycles. The van der Waals surface area contributed by atoms with E-state index >= 15 is 0 Å². The van der Waals surface area contributed by atoms with Gasteiger partial charge in [-0.05, 0) is 37.1 Å². The maximum absolute atomic E-state index is 9.24. The number of hydrogen-bond acceptors (Lipinski definition) is 2. The highest BCUT2D eigenvalue weighted by Crippen LogP contribution is 2.33. The first-order valence-corrected chi connectivity index (χ1v) is 6.13. The monoisotopic (exact) mass is 276 g/mol. The van der Waals surface area contributed by atoms with Crippen LogP contribution in [0.25, 0.3) is 11.1 Å². The molecule has 0 saturated heterocycles. The maximum Gasteiger partial charge on any atom is 0.147 e. The fourth-order valence-electron chi connectivity index (χ4n) is 1.87. The molecular formula is C14H10Cl2N2. The molecule has 0 spiro atoms. The number of nitrogens with zero attached hydrogens (tertiary/aromatic N) is 2. The molecule has 0 saturated carbocycles. The van der Waals surface area contributed by atoms with E-state index in [1.54, 1.807) is 6.07 Å². The molecule has 2 rings (SSSR count). The highest BCUT2D eigenvalue weighted by molar-refractivity contribution is 6.31. The molecule has 0 aliphatic heterocycles. The molecule has 0 unspecified atom stereocenters. The van der Waals surface area contributed by atoms with Crippen molar-refractivity contribution in [3.8, 4) is 17.2 Å². The smallest absolute Gasteiger partial charge is 0.147 e. The third-order valence-electron chi connectivity index (χ3n) is 2.86. The molecule has 2 nitrogen and oxygen atoms in total. The number of pyridine rings is 1. The largest absolute Gasteiger partial charge is 0.240 e. The fraction of sp³-hybridized carbons (Fsp3) is 0.143. The van der Waals surface area contributed by atoms with Gasteiger partial charge in [-0.1, -0.05) is 35.3 Å². The molecule has 90 valence electrons. The van der Waals surface area contributed by atoms with Crippen molar-refractivity contribution in [1.82, 2.24) is 4.98 Å². The van der Waals surface area contributed by atoms with Crippen LogP contribution in [0.3, 0.4) is 0 Å². The third-order valence-corrected chi connectivity index (χ3v) is 3.37. The zero-order chi connectivity index (χ0) is 13.3. The van der Waals surface area contributed by atoms with Crippen LogP contribution in [0.5, 0.6) is 0 Å². The Morgan fingerprint density at radius 1 is 1.22 bits per heavy atom. The summed E-state index contributed by atoms with van der Waals surface area (Å²) in [5.74, 6) is 0. The summed E-state index contributed by atoms with van der Waals surface area (Å²) >= 11 is 12.0. The van der Waals surface area contributed by atoms with Gasteiger partial charge in [-0.15, -0.1) is 0 Å². The summed E-state index contributed by atoms with van der Waals surface area (Å²) in [5, 5.41) is 10.1. The average molecular weight is 277 g/mol. The zero-order valence-corrected chi connectivity index (χ0v) is 11.5. The van der Waals surface area contributed by atoms with E-state index in [0.29, 0.717) is 10.6 Å². The molecule has 18 heavy (non-hydrogen) atoms. The molecule has 2 aromatic rings. The average Bonchev–Trinajstić information content (AvgIpc) is 2.33. The number of hydrogen-bond donors (Lipinski definition) is 0. The second-order valence-electron chi connectivity index (χ2n) is 3.99. The van der Waals surface area contributed by atoms with Crippen LogP contribution in [0, 0.1) is 25.2 Å². The van der Waals surface area contributed by atoms with Crippen LogP contribution in [-0.4, -0.2) is 4.98 Å². The van der Waals surface area contributed by atoms with Gasteiger partial charge in [0.2, 0.25) is 0 Å². The SMILES string of the molecule is Cc1nc(Cl)c(C#N)c(-c2cccc(Cl)c2)c1C. The first-order chi connectivity index (χ1) is 8.54. The Kier molecular flexibility index (Phi) is 3.56. The van der Waals surface area contributed by atoms with Gasteiger partial charge in [0.15, 0.2) is 0 Å². The fourth-order valence-corrected chi connectivity index (χ4v) is 2.32. The number of nitriles is 1. The lowest BCUT2D eigenvalue weighted by Gasteiger charge is -2.12. The van der Waals surface area contributed by atoms with Crippen LogP contribution in [-0.2, 0) is 0 Å². The highest BCUT2D eigenvalue weighted by atomic mass is 35.5. The summed E-state index contributed by atoms with van der Waals surface area (Å²) in [6, 6.07) is 9.48. The summed E-state index contributed by atoms with van der Waals surface area (Å²) in [6.07, 6.45) is 0. The van der Waals surface area contributed by atoms with Gasteiger partial charge < -0.3 is 0 Å². The van der Waals surface area contributed by atoms with Crippen molar-refractivity contribution in [2.24, 2.45) is 0 Å². The number of aryl methyl sites for hydroxylation is 1. The number of rotatable bonds is 1. The molecule has 0 aliphatic rings. The summed E-state index contributed by atoms with van der Waals surface area (Å²) in [4.78, 5) is 4.16. The first kappa shape index (κ1) is 12.9. The predicted octanol–water partition coefficient (Wildman–Crippen LogP) is 4.54. The van der Waals surface area contributed by atoms with Gasteiger partial charge in [-0.25, -0.2) is 4.98 Å². The van der Waals surface area contributed by atoms with Crippen LogP contribution in [0.4, 0.5) is 0 Å². The van der Waals surface area contributed by atoms with Crippen molar-refractivity contribution >= 4 is 23.2 Å². The Balaban J connectivity index is 2.82. The quantitative estimate of drug-likeness (QED) is 0.717. The molecule has 4 heteroatoms. The summed E-state index contributed by atoms with van der Waals surface area (Å²) in [6.45, 7) is 3.80. The van der Waals surface area contributed by atoms with Crippen LogP contribution >= 0.6 is 23.2 Å². The van der Waals surface area contributed by atoms with E-state index in [1.165, 1.54) is 0 Å². The molecule has 0 aliphatic carbocycles. The van der Waals surface area contributed by atoms with Crippen LogP contribution in [0.2, 0.25) is 10.2 Å². The van der Waals surface area contributed by atoms with E-state index in [0.717, 1.165) is 22.4 Å². The second kappa shape index (κ2) is 4.97. The summed E-state index contributed by atoms with van der Waals surface area (Å²) < 4.78 is 0. The van der Waals surface area contributed by atoms with Crippen molar-refractivity contribution in [2.45, 2.75) is 13.8 Å². The molecule has 0 radical (unpaired) electrons. The Labute approximate surface area is 116 Å². The predicted molar refractivity (Wildman–Crippen MR) is 73.9 cm³/mol. The minimum Gasteiger partial charge on any atom is -0.240 e. The van der Waals surface area contributed by atoms with Gasteiger partial charge in [0.05, 0.1) is 5.56 Å². The van der Waals surface area contributed by atoms with E-state index in [2.05, 4.69) is 11.1 Å². The van der Waals surface area contributed by atoms with Gasteiger partial charge in [0.25, 0.3) is 0 Å².